The zero-order chi connectivity index (χ0) is 14.5. The largest absolute Gasteiger partial charge is 0.478 e. The highest BCUT2D eigenvalue weighted by molar-refractivity contribution is 7.11. The quantitative estimate of drug-likeness (QED) is 0.809. The first-order valence-electron chi connectivity index (χ1n) is 5.99. The number of anilines is 1. The van der Waals surface area contributed by atoms with Gasteiger partial charge in [-0.1, -0.05) is 12.1 Å². The van der Waals surface area contributed by atoms with Gasteiger partial charge in [-0.25, -0.2) is 9.59 Å². The van der Waals surface area contributed by atoms with Crippen LogP contribution in [-0.2, 0) is 6.54 Å². The van der Waals surface area contributed by atoms with E-state index in [0.29, 0.717) is 6.54 Å². The molecule has 0 unspecified atom stereocenters. The van der Waals surface area contributed by atoms with Gasteiger partial charge in [-0.2, -0.15) is 0 Å². The number of carbonyl (C=O) groups excluding carboxylic acids is 1. The lowest BCUT2D eigenvalue weighted by atomic mass is 10.2. The van der Waals surface area contributed by atoms with Gasteiger partial charge in [0.15, 0.2) is 0 Å². The summed E-state index contributed by atoms with van der Waals surface area (Å²) in [6.07, 6.45) is 0. The normalized spacial score (nSPS) is 10.1. The van der Waals surface area contributed by atoms with Gasteiger partial charge in [-0.15, -0.1) is 11.3 Å². The van der Waals surface area contributed by atoms with Gasteiger partial charge >= 0.3 is 12.0 Å². The fourth-order valence-corrected chi connectivity index (χ4v) is 2.52. The van der Waals surface area contributed by atoms with Crippen LogP contribution in [0.4, 0.5) is 10.5 Å². The topological polar surface area (TPSA) is 78.4 Å². The summed E-state index contributed by atoms with van der Waals surface area (Å²) < 4.78 is 0. The first-order valence-corrected chi connectivity index (χ1v) is 6.80. The fraction of sp³-hybridized carbons (Fsp3) is 0.143. The van der Waals surface area contributed by atoms with E-state index >= 15 is 0 Å². The summed E-state index contributed by atoms with van der Waals surface area (Å²) in [5.74, 6) is -1.07. The van der Waals surface area contributed by atoms with Gasteiger partial charge < -0.3 is 15.7 Å². The Bertz CT molecular complexity index is 637. The van der Waals surface area contributed by atoms with Crippen molar-refractivity contribution >= 4 is 29.0 Å². The van der Waals surface area contributed by atoms with Crippen LogP contribution in [0.5, 0.6) is 0 Å². The van der Waals surface area contributed by atoms with Crippen molar-refractivity contribution in [2.75, 3.05) is 5.32 Å². The van der Waals surface area contributed by atoms with Crippen molar-refractivity contribution in [3.05, 3.63) is 51.7 Å². The highest BCUT2D eigenvalue weighted by atomic mass is 32.1. The smallest absolute Gasteiger partial charge is 0.337 e. The number of amides is 2. The number of carbonyl (C=O) groups is 2. The lowest BCUT2D eigenvalue weighted by Gasteiger charge is -2.09. The minimum atomic E-state index is -1.07. The van der Waals surface area contributed by atoms with Gasteiger partial charge in [-0.05, 0) is 31.2 Å². The Morgan fingerprint density at radius 1 is 1.20 bits per heavy atom. The zero-order valence-corrected chi connectivity index (χ0v) is 11.7. The summed E-state index contributed by atoms with van der Waals surface area (Å²) in [5, 5.41) is 14.3. The first-order chi connectivity index (χ1) is 9.56. The van der Waals surface area contributed by atoms with Crippen molar-refractivity contribution < 1.29 is 14.7 Å². The summed E-state index contributed by atoms with van der Waals surface area (Å²) in [6, 6.07) is 9.79. The van der Waals surface area contributed by atoms with Gasteiger partial charge in [0, 0.05) is 9.75 Å². The van der Waals surface area contributed by atoms with E-state index in [4.69, 9.17) is 5.11 Å². The SMILES string of the molecule is Cc1ccc(CNC(=O)Nc2ccccc2C(=O)O)s1. The monoisotopic (exact) mass is 290 g/mol. The molecule has 0 spiro atoms. The third-order valence-corrected chi connectivity index (χ3v) is 3.63. The molecule has 0 saturated carbocycles. The second kappa shape index (κ2) is 6.21. The minimum Gasteiger partial charge on any atom is -0.478 e. The predicted molar refractivity (Wildman–Crippen MR) is 78.3 cm³/mol. The molecule has 1 heterocycles. The van der Waals surface area contributed by atoms with Crippen molar-refractivity contribution in [2.24, 2.45) is 0 Å². The molecule has 0 saturated heterocycles. The Hall–Kier alpha value is -2.34. The molecule has 6 heteroatoms. The standard InChI is InChI=1S/C14H14N2O3S/c1-9-6-7-10(20-9)8-15-14(19)16-12-5-3-2-4-11(12)13(17)18/h2-7H,8H2,1H3,(H,17,18)(H2,15,16,19). The summed E-state index contributed by atoms with van der Waals surface area (Å²) in [6.45, 7) is 2.41. The Balaban J connectivity index is 1.96. The molecule has 2 aromatic rings. The average molecular weight is 290 g/mol. The molecule has 0 radical (unpaired) electrons. The number of hydrogen-bond acceptors (Lipinski definition) is 3. The first kappa shape index (κ1) is 14.1. The summed E-state index contributed by atoms with van der Waals surface area (Å²) >= 11 is 1.61. The molecule has 1 aromatic heterocycles. The summed E-state index contributed by atoms with van der Waals surface area (Å²) in [4.78, 5) is 25.0. The molecule has 2 rings (SSSR count). The number of aryl methyl sites for hydroxylation is 1. The summed E-state index contributed by atoms with van der Waals surface area (Å²) in [5.41, 5.74) is 0.342. The fourth-order valence-electron chi connectivity index (χ4n) is 1.69. The van der Waals surface area contributed by atoms with Gasteiger partial charge in [0.05, 0.1) is 17.8 Å². The molecule has 0 bridgehead atoms. The minimum absolute atomic E-state index is 0.0645. The van der Waals surface area contributed by atoms with Crippen molar-refractivity contribution in [3.63, 3.8) is 0 Å². The molecule has 2 amide bonds. The van der Waals surface area contributed by atoms with Crippen LogP contribution in [0.1, 0.15) is 20.1 Å². The van der Waals surface area contributed by atoms with Crippen LogP contribution >= 0.6 is 11.3 Å². The number of nitrogens with one attached hydrogen (secondary N) is 2. The van der Waals surface area contributed by atoms with Crippen molar-refractivity contribution in [1.82, 2.24) is 5.32 Å². The van der Waals surface area contributed by atoms with Crippen LogP contribution < -0.4 is 10.6 Å². The number of aromatic carboxylic acids is 1. The molecule has 0 atom stereocenters. The van der Waals surface area contributed by atoms with E-state index in [1.165, 1.54) is 10.9 Å². The van der Waals surface area contributed by atoms with E-state index in [2.05, 4.69) is 10.6 Å². The number of carboxylic acid groups (broad SMARTS) is 1. The van der Waals surface area contributed by atoms with Gasteiger partial charge in [-0.3, -0.25) is 0 Å². The van der Waals surface area contributed by atoms with Crippen LogP contribution in [-0.4, -0.2) is 17.1 Å². The van der Waals surface area contributed by atoms with Crippen LogP contribution in [0.3, 0.4) is 0 Å². The number of hydrogen-bond donors (Lipinski definition) is 3. The van der Waals surface area contributed by atoms with Crippen LogP contribution in [0, 0.1) is 6.92 Å². The Kier molecular flexibility index (Phi) is 4.37. The van der Waals surface area contributed by atoms with Crippen molar-refractivity contribution in [3.8, 4) is 0 Å². The molecule has 1 aromatic carbocycles. The highest BCUT2D eigenvalue weighted by Crippen LogP contribution is 2.16. The second-order valence-electron chi connectivity index (χ2n) is 4.17. The molecule has 104 valence electrons. The number of rotatable bonds is 4. The van der Waals surface area contributed by atoms with Gasteiger partial charge in [0.25, 0.3) is 0 Å². The maximum absolute atomic E-state index is 11.8. The van der Waals surface area contributed by atoms with Crippen molar-refractivity contribution in [1.29, 1.82) is 0 Å². The van der Waals surface area contributed by atoms with Crippen molar-refractivity contribution in [2.45, 2.75) is 13.5 Å². The molecule has 5 nitrogen and oxygen atoms in total. The maximum Gasteiger partial charge on any atom is 0.337 e. The maximum atomic E-state index is 11.8. The number of urea groups is 1. The third kappa shape index (κ3) is 3.58. The Morgan fingerprint density at radius 2 is 1.95 bits per heavy atom. The number of carboxylic acids is 1. The highest BCUT2D eigenvalue weighted by Gasteiger charge is 2.11. The predicted octanol–water partition coefficient (Wildman–Crippen LogP) is 3.08. The number of benzene rings is 1. The number of thiophene rings is 1. The van der Waals surface area contributed by atoms with E-state index < -0.39 is 12.0 Å². The van der Waals surface area contributed by atoms with E-state index in [0.717, 1.165) is 4.88 Å². The molecule has 20 heavy (non-hydrogen) atoms. The van der Waals surface area contributed by atoms with Crippen LogP contribution in [0.25, 0.3) is 0 Å². The Labute approximate surface area is 120 Å². The lowest BCUT2D eigenvalue weighted by Crippen LogP contribution is -2.28. The van der Waals surface area contributed by atoms with Gasteiger partial charge in [0.1, 0.15) is 0 Å². The molecule has 3 N–H and O–H groups in total. The molecule has 0 aliphatic carbocycles. The van der Waals surface area contributed by atoms with E-state index in [1.807, 2.05) is 19.1 Å². The van der Waals surface area contributed by atoms with E-state index in [-0.39, 0.29) is 11.3 Å². The van der Waals surface area contributed by atoms with E-state index in [9.17, 15) is 9.59 Å². The zero-order valence-electron chi connectivity index (χ0n) is 10.8. The lowest BCUT2D eigenvalue weighted by molar-refractivity contribution is 0.0698. The molecule has 0 aliphatic rings. The van der Waals surface area contributed by atoms with E-state index in [1.54, 1.807) is 29.5 Å². The number of para-hydroxylation sites is 1. The molecule has 0 fully saturated rings. The molecular formula is C14H14N2O3S. The van der Waals surface area contributed by atoms with Gasteiger partial charge in [0.2, 0.25) is 0 Å². The molecular weight excluding hydrogens is 276 g/mol. The van der Waals surface area contributed by atoms with Crippen LogP contribution in [0.2, 0.25) is 0 Å². The average Bonchev–Trinajstić information content (AvgIpc) is 2.83. The third-order valence-electron chi connectivity index (χ3n) is 2.62. The Morgan fingerprint density at radius 3 is 2.60 bits per heavy atom. The molecule has 0 aliphatic heterocycles. The second-order valence-corrected chi connectivity index (χ2v) is 5.54. The summed E-state index contributed by atoms with van der Waals surface area (Å²) in [7, 11) is 0. The van der Waals surface area contributed by atoms with Crippen LogP contribution in [0.15, 0.2) is 36.4 Å².